The van der Waals surface area contributed by atoms with Gasteiger partial charge in [-0.2, -0.15) is 0 Å². The van der Waals surface area contributed by atoms with Gasteiger partial charge in [-0.15, -0.1) is 0 Å². The van der Waals surface area contributed by atoms with Gasteiger partial charge < -0.3 is 14.8 Å². The molecule has 6 heteroatoms. The Bertz CT molecular complexity index is 429. The maximum atomic E-state index is 11.7. The van der Waals surface area contributed by atoms with Gasteiger partial charge in [0.15, 0.2) is 0 Å². The van der Waals surface area contributed by atoms with E-state index in [4.69, 9.17) is 9.47 Å². The molecule has 0 saturated heterocycles. The fourth-order valence-corrected chi connectivity index (χ4v) is 1.34. The molecule has 1 aromatic rings. The zero-order valence-corrected chi connectivity index (χ0v) is 11.3. The number of carbonyl (C=O) groups is 2. The van der Waals surface area contributed by atoms with Gasteiger partial charge in [0, 0.05) is 18.8 Å². The van der Waals surface area contributed by atoms with Crippen molar-refractivity contribution < 1.29 is 19.1 Å². The van der Waals surface area contributed by atoms with Crippen LogP contribution < -0.4 is 10.1 Å². The monoisotopic (exact) mass is 266 g/mol. The van der Waals surface area contributed by atoms with E-state index in [2.05, 4.69) is 10.3 Å². The number of rotatable bonds is 6. The number of nitrogens with one attached hydrogen (secondary N) is 1. The number of carbonyl (C=O) groups excluding carboxylic acids is 2. The summed E-state index contributed by atoms with van der Waals surface area (Å²) in [4.78, 5) is 26.9. The Hall–Kier alpha value is -2.11. The third-order valence-corrected chi connectivity index (χ3v) is 2.19. The normalized spacial score (nSPS) is 10.1. The van der Waals surface area contributed by atoms with Crippen LogP contribution in [-0.4, -0.2) is 36.6 Å². The predicted molar refractivity (Wildman–Crippen MR) is 69.0 cm³/mol. The van der Waals surface area contributed by atoms with E-state index in [0.717, 1.165) is 0 Å². The van der Waals surface area contributed by atoms with Crippen LogP contribution in [0, 0.1) is 0 Å². The van der Waals surface area contributed by atoms with Gasteiger partial charge in [-0.1, -0.05) is 0 Å². The molecule has 0 unspecified atom stereocenters. The minimum atomic E-state index is -0.330. The first-order valence-electron chi connectivity index (χ1n) is 6.00. The summed E-state index contributed by atoms with van der Waals surface area (Å²) in [6.45, 7) is 3.79. The summed E-state index contributed by atoms with van der Waals surface area (Å²) in [5, 5.41) is 2.62. The molecule has 0 aliphatic rings. The number of ether oxygens (including phenoxy) is 2. The molecular formula is C13H18N2O4. The van der Waals surface area contributed by atoms with Crippen LogP contribution in [0.5, 0.6) is 5.88 Å². The fourth-order valence-electron chi connectivity index (χ4n) is 1.34. The largest absolute Gasteiger partial charge is 0.481 e. The lowest BCUT2D eigenvalue weighted by atomic mass is 10.2. The van der Waals surface area contributed by atoms with Crippen LogP contribution in [0.4, 0.5) is 0 Å². The third kappa shape index (κ3) is 5.37. The molecule has 19 heavy (non-hydrogen) atoms. The minimum absolute atomic E-state index is 0.144. The molecule has 0 fully saturated rings. The summed E-state index contributed by atoms with van der Waals surface area (Å²) < 4.78 is 9.84. The van der Waals surface area contributed by atoms with Gasteiger partial charge in [-0.05, 0) is 19.9 Å². The van der Waals surface area contributed by atoms with Gasteiger partial charge >= 0.3 is 5.97 Å². The molecule has 1 aromatic heterocycles. The lowest BCUT2D eigenvalue weighted by Gasteiger charge is -2.08. The molecule has 0 atom stereocenters. The Kier molecular flexibility index (Phi) is 5.78. The number of pyridine rings is 1. The minimum Gasteiger partial charge on any atom is -0.481 e. The Morgan fingerprint density at radius 2 is 2.11 bits per heavy atom. The van der Waals surface area contributed by atoms with Crippen LogP contribution in [0.15, 0.2) is 18.3 Å². The van der Waals surface area contributed by atoms with E-state index in [1.165, 1.54) is 13.3 Å². The number of methoxy groups -OCH3 is 1. The van der Waals surface area contributed by atoms with E-state index in [1.807, 2.05) is 0 Å². The summed E-state index contributed by atoms with van der Waals surface area (Å²) in [5.74, 6) is -0.173. The molecule has 6 nitrogen and oxygen atoms in total. The van der Waals surface area contributed by atoms with E-state index in [-0.39, 0.29) is 30.9 Å². The number of esters is 1. The van der Waals surface area contributed by atoms with Crippen LogP contribution in [-0.2, 0) is 9.53 Å². The topological polar surface area (TPSA) is 77.5 Å². The van der Waals surface area contributed by atoms with E-state index >= 15 is 0 Å². The number of aromatic nitrogens is 1. The molecular weight excluding hydrogens is 248 g/mol. The first-order valence-corrected chi connectivity index (χ1v) is 6.00. The lowest BCUT2D eigenvalue weighted by molar-refractivity contribution is -0.147. The Morgan fingerprint density at radius 3 is 2.63 bits per heavy atom. The van der Waals surface area contributed by atoms with Crippen molar-refractivity contribution in [1.82, 2.24) is 10.3 Å². The Labute approximate surface area is 112 Å². The smallest absolute Gasteiger partial charge is 0.307 e. The molecule has 0 bridgehead atoms. The molecule has 0 saturated carbocycles. The molecule has 0 aliphatic carbocycles. The highest BCUT2D eigenvalue weighted by atomic mass is 16.5. The summed E-state index contributed by atoms with van der Waals surface area (Å²) >= 11 is 0. The molecule has 0 spiro atoms. The zero-order chi connectivity index (χ0) is 14.3. The van der Waals surface area contributed by atoms with Crippen molar-refractivity contribution in [1.29, 1.82) is 0 Å². The van der Waals surface area contributed by atoms with Gasteiger partial charge in [-0.25, -0.2) is 4.98 Å². The maximum Gasteiger partial charge on any atom is 0.307 e. The predicted octanol–water partition coefficient (Wildman–Crippen LogP) is 1.16. The maximum absolute atomic E-state index is 11.7. The van der Waals surface area contributed by atoms with Gasteiger partial charge in [0.1, 0.15) is 0 Å². The van der Waals surface area contributed by atoms with Gasteiger partial charge in [0.25, 0.3) is 5.91 Å². The second-order valence-corrected chi connectivity index (χ2v) is 4.13. The summed E-state index contributed by atoms with van der Waals surface area (Å²) in [5.41, 5.74) is 0.415. The molecule has 1 heterocycles. The van der Waals surface area contributed by atoms with Gasteiger partial charge in [-0.3, -0.25) is 9.59 Å². The van der Waals surface area contributed by atoms with E-state index in [1.54, 1.807) is 26.0 Å². The highest BCUT2D eigenvalue weighted by molar-refractivity contribution is 5.94. The average molecular weight is 266 g/mol. The number of amides is 1. The molecule has 0 radical (unpaired) electrons. The van der Waals surface area contributed by atoms with Crippen molar-refractivity contribution >= 4 is 11.9 Å². The van der Waals surface area contributed by atoms with Crippen molar-refractivity contribution in [2.75, 3.05) is 13.7 Å². The first-order chi connectivity index (χ1) is 9.02. The Morgan fingerprint density at radius 1 is 1.37 bits per heavy atom. The molecule has 1 rings (SSSR count). The van der Waals surface area contributed by atoms with Crippen molar-refractivity contribution in [3.63, 3.8) is 0 Å². The zero-order valence-electron chi connectivity index (χ0n) is 11.3. The molecule has 1 N–H and O–H groups in total. The highest BCUT2D eigenvalue weighted by Crippen LogP contribution is 2.06. The van der Waals surface area contributed by atoms with E-state index < -0.39 is 0 Å². The van der Waals surface area contributed by atoms with Crippen LogP contribution in [0.2, 0.25) is 0 Å². The molecule has 104 valence electrons. The van der Waals surface area contributed by atoms with Crippen molar-refractivity contribution in [3.8, 4) is 5.88 Å². The van der Waals surface area contributed by atoms with Crippen LogP contribution in [0.1, 0.15) is 30.6 Å². The summed E-state index contributed by atoms with van der Waals surface area (Å²) in [7, 11) is 1.50. The van der Waals surface area contributed by atoms with Crippen molar-refractivity contribution in [2.24, 2.45) is 0 Å². The van der Waals surface area contributed by atoms with Gasteiger partial charge in [0.05, 0.1) is 25.2 Å². The number of hydrogen-bond acceptors (Lipinski definition) is 5. The highest BCUT2D eigenvalue weighted by Gasteiger charge is 2.09. The second kappa shape index (κ2) is 7.35. The van der Waals surface area contributed by atoms with E-state index in [0.29, 0.717) is 11.4 Å². The Balaban J connectivity index is 2.36. The SMILES string of the molecule is COc1ccc(C(=O)NCCC(=O)OC(C)C)cn1. The third-order valence-electron chi connectivity index (χ3n) is 2.19. The molecule has 1 amide bonds. The van der Waals surface area contributed by atoms with Crippen LogP contribution in [0.3, 0.4) is 0 Å². The quantitative estimate of drug-likeness (QED) is 0.782. The standard InChI is InChI=1S/C13H18N2O4/c1-9(2)19-12(16)6-7-14-13(17)10-4-5-11(18-3)15-8-10/h4-5,8-9H,6-7H2,1-3H3,(H,14,17). The van der Waals surface area contributed by atoms with Gasteiger partial charge in [0.2, 0.25) is 5.88 Å². The summed E-state index contributed by atoms with van der Waals surface area (Å²) in [6.07, 6.45) is 1.42. The second-order valence-electron chi connectivity index (χ2n) is 4.13. The average Bonchev–Trinajstić information content (AvgIpc) is 2.37. The lowest BCUT2D eigenvalue weighted by Crippen LogP contribution is -2.27. The fraction of sp³-hybridized carbons (Fsp3) is 0.462. The van der Waals surface area contributed by atoms with Crippen molar-refractivity contribution in [2.45, 2.75) is 26.4 Å². The number of hydrogen-bond donors (Lipinski definition) is 1. The molecule has 0 aliphatic heterocycles. The first kappa shape index (κ1) is 14.9. The van der Waals surface area contributed by atoms with Crippen LogP contribution in [0.25, 0.3) is 0 Å². The summed E-state index contributed by atoms with van der Waals surface area (Å²) in [6, 6.07) is 3.20. The van der Waals surface area contributed by atoms with Crippen molar-refractivity contribution in [3.05, 3.63) is 23.9 Å². The number of nitrogens with zero attached hydrogens (tertiary/aromatic N) is 1. The molecule has 0 aromatic carbocycles. The van der Waals surface area contributed by atoms with Crippen LogP contribution >= 0.6 is 0 Å². The van der Waals surface area contributed by atoms with E-state index in [9.17, 15) is 9.59 Å².